The maximum Gasteiger partial charge on any atom is 0.152 e. The standard InChI is InChI=1S/C11H23NO3S/c1-3-8-12-11(7-9-13)6-4-5-10(11)16(2,14)15/h10,12-13H,3-9H2,1-2H3. The van der Waals surface area contributed by atoms with Gasteiger partial charge in [0.15, 0.2) is 9.84 Å². The van der Waals surface area contributed by atoms with Crippen LogP contribution in [0.5, 0.6) is 0 Å². The highest BCUT2D eigenvalue weighted by Gasteiger charge is 2.46. The van der Waals surface area contributed by atoms with Gasteiger partial charge in [-0.05, 0) is 32.2 Å². The molecule has 0 radical (unpaired) electrons. The molecule has 5 heteroatoms. The smallest absolute Gasteiger partial charge is 0.152 e. The molecule has 96 valence electrons. The summed E-state index contributed by atoms with van der Waals surface area (Å²) in [4.78, 5) is 0. The van der Waals surface area contributed by atoms with E-state index in [4.69, 9.17) is 5.11 Å². The molecule has 0 aromatic rings. The van der Waals surface area contributed by atoms with E-state index in [0.29, 0.717) is 6.42 Å². The summed E-state index contributed by atoms with van der Waals surface area (Å²) in [6.07, 6.45) is 5.31. The number of hydrogen-bond acceptors (Lipinski definition) is 4. The maximum absolute atomic E-state index is 11.8. The lowest BCUT2D eigenvalue weighted by Gasteiger charge is -2.35. The van der Waals surface area contributed by atoms with Crippen molar-refractivity contribution in [3.05, 3.63) is 0 Å². The van der Waals surface area contributed by atoms with Gasteiger partial charge in [0.25, 0.3) is 0 Å². The summed E-state index contributed by atoms with van der Waals surface area (Å²) < 4.78 is 23.5. The van der Waals surface area contributed by atoms with Crippen LogP contribution in [-0.2, 0) is 9.84 Å². The molecule has 0 spiro atoms. The molecule has 0 aliphatic heterocycles. The van der Waals surface area contributed by atoms with E-state index in [9.17, 15) is 8.42 Å². The first kappa shape index (κ1) is 13.9. The Morgan fingerprint density at radius 3 is 2.69 bits per heavy atom. The van der Waals surface area contributed by atoms with Gasteiger partial charge in [0.05, 0.1) is 5.25 Å². The number of sulfone groups is 1. The summed E-state index contributed by atoms with van der Waals surface area (Å²) >= 11 is 0. The predicted octanol–water partition coefficient (Wildman–Crippen LogP) is 0.704. The molecule has 1 saturated carbocycles. The molecule has 1 fully saturated rings. The first-order valence-corrected chi connectivity index (χ1v) is 7.96. The lowest BCUT2D eigenvalue weighted by Crippen LogP contribution is -2.54. The van der Waals surface area contributed by atoms with Crippen molar-refractivity contribution in [2.75, 3.05) is 19.4 Å². The van der Waals surface area contributed by atoms with Crippen LogP contribution in [0.1, 0.15) is 39.0 Å². The molecule has 0 aromatic carbocycles. The van der Waals surface area contributed by atoms with Gasteiger partial charge in [0.2, 0.25) is 0 Å². The molecule has 1 rings (SSSR count). The average Bonchev–Trinajstić information content (AvgIpc) is 2.59. The van der Waals surface area contributed by atoms with Crippen LogP contribution >= 0.6 is 0 Å². The number of hydrogen-bond donors (Lipinski definition) is 2. The van der Waals surface area contributed by atoms with Gasteiger partial charge in [-0.1, -0.05) is 13.3 Å². The second-order valence-electron chi connectivity index (χ2n) is 4.77. The fourth-order valence-corrected chi connectivity index (χ4v) is 4.55. The minimum atomic E-state index is -3.04. The van der Waals surface area contributed by atoms with Crippen molar-refractivity contribution in [3.63, 3.8) is 0 Å². The lowest BCUT2D eigenvalue weighted by molar-refractivity contribution is 0.212. The molecule has 0 aromatic heterocycles. The molecule has 2 N–H and O–H groups in total. The molecular weight excluding hydrogens is 226 g/mol. The number of nitrogens with one attached hydrogen (secondary N) is 1. The summed E-state index contributed by atoms with van der Waals surface area (Å²) in [5, 5.41) is 12.2. The topological polar surface area (TPSA) is 66.4 Å². The third-order valence-corrected chi connectivity index (χ3v) is 5.23. The first-order valence-electron chi connectivity index (χ1n) is 6.01. The van der Waals surface area contributed by atoms with Crippen LogP contribution in [0.15, 0.2) is 0 Å². The molecule has 0 amide bonds. The van der Waals surface area contributed by atoms with Crippen molar-refractivity contribution >= 4 is 9.84 Å². The quantitative estimate of drug-likeness (QED) is 0.727. The Labute approximate surface area is 98.4 Å². The molecular formula is C11H23NO3S. The highest BCUT2D eigenvalue weighted by atomic mass is 32.2. The van der Waals surface area contributed by atoms with Crippen LogP contribution in [0.4, 0.5) is 0 Å². The maximum atomic E-state index is 11.8. The second kappa shape index (κ2) is 5.47. The Bertz CT molecular complexity index is 315. The van der Waals surface area contributed by atoms with E-state index < -0.39 is 15.4 Å². The fourth-order valence-electron chi connectivity index (χ4n) is 2.81. The van der Waals surface area contributed by atoms with Crippen molar-refractivity contribution in [3.8, 4) is 0 Å². The Kier molecular flexibility index (Phi) is 4.76. The van der Waals surface area contributed by atoms with E-state index in [1.807, 2.05) is 0 Å². The summed E-state index contributed by atoms with van der Waals surface area (Å²) in [6, 6.07) is 0. The average molecular weight is 249 g/mol. The molecule has 1 aliphatic rings. The number of aliphatic hydroxyl groups excluding tert-OH is 1. The largest absolute Gasteiger partial charge is 0.396 e. The summed E-state index contributed by atoms with van der Waals surface area (Å²) in [5.41, 5.74) is -0.391. The minimum absolute atomic E-state index is 0.0444. The van der Waals surface area contributed by atoms with E-state index in [-0.39, 0.29) is 11.9 Å². The van der Waals surface area contributed by atoms with Gasteiger partial charge in [-0.2, -0.15) is 0 Å². The third-order valence-electron chi connectivity index (χ3n) is 3.51. The molecule has 2 unspecified atom stereocenters. The van der Waals surface area contributed by atoms with E-state index in [2.05, 4.69) is 12.2 Å². The zero-order valence-electron chi connectivity index (χ0n) is 10.2. The lowest BCUT2D eigenvalue weighted by atomic mass is 9.93. The molecule has 2 atom stereocenters. The monoisotopic (exact) mass is 249 g/mol. The Morgan fingerprint density at radius 1 is 1.50 bits per heavy atom. The molecule has 0 bridgehead atoms. The van der Waals surface area contributed by atoms with Gasteiger partial charge >= 0.3 is 0 Å². The molecule has 0 saturated heterocycles. The zero-order chi connectivity index (χ0) is 12.2. The van der Waals surface area contributed by atoms with E-state index in [1.54, 1.807) is 0 Å². The summed E-state index contributed by atoms with van der Waals surface area (Å²) in [6.45, 7) is 2.92. The van der Waals surface area contributed by atoms with Gasteiger partial charge in [0.1, 0.15) is 0 Å². The van der Waals surface area contributed by atoms with Crippen molar-refractivity contribution in [1.82, 2.24) is 5.32 Å². The molecule has 16 heavy (non-hydrogen) atoms. The van der Waals surface area contributed by atoms with Crippen LogP contribution in [0.3, 0.4) is 0 Å². The van der Waals surface area contributed by atoms with Crippen LogP contribution in [0, 0.1) is 0 Å². The fraction of sp³-hybridized carbons (Fsp3) is 1.00. The summed E-state index contributed by atoms with van der Waals surface area (Å²) in [5.74, 6) is 0. The molecule has 0 heterocycles. The van der Waals surface area contributed by atoms with Crippen molar-refractivity contribution in [1.29, 1.82) is 0 Å². The van der Waals surface area contributed by atoms with E-state index in [0.717, 1.165) is 32.2 Å². The van der Waals surface area contributed by atoms with Crippen molar-refractivity contribution in [2.45, 2.75) is 49.8 Å². The summed E-state index contributed by atoms with van der Waals surface area (Å²) in [7, 11) is -3.04. The number of aliphatic hydroxyl groups is 1. The van der Waals surface area contributed by atoms with Gasteiger partial charge in [-0.3, -0.25) is 0 Å². The highest BCUT2D eigenvalue weighted by molar-refractivity contribution is 7.91. The van der Waals surface area contributed by atoms with Crippen molar-refractivity contribution in [2.24, 2.45) is 0 Å². The van der Waals surface area contributed by atoms with Crippen LogP contribution in [0.2, 0.25) is 0 Å². The number of rotatable bonds is 6. The SMILES string of the molecule is CCCNC1(CCO)CCCC1S(C)(=O)=O. The Balaban J connectivity index is 2.89. The zero-order valence-corrected chi connectivity index (χ0v) is 11.0. The Hall–Kier alpha value is -0.130. The normalized spacial score (nSPS) is 30.8. The van der Waals surface area contributed by atoms with Gasteiger partial charge in [0, 0.05) is 18.4 Å². The molecule has 4 nitrogen and oxygen atoms in total. The van der Waals surface area contributed by atoms with Crippen LogP contribution in [0.25, 0.3) is 0 Å². The van der Waals surface area contributed by atoms with Gasteiger partial charge < -0.3 is 10.4 Å². The predicted molar refractivity (Wildman–Crippen MR) is 65.2 cm³/mol. The van der Waals surface area contributed by atoms with Crippen molar-refractivity contribution < 1.29 is 13.5 Å². The van der Waals surface area contributed by atoms with Gasteiger partial charge in [-0.15, -0.1) is 0 Å². The van der Waals surface area contributed by atoms with Crippen LogP contribution < -0.4 is 5.32 Å². The highest BCUT2D eigenvalue weighted by Crippen LogP contribution is 2.37. The van der Waals surface area contributed by atoms with Gasteiger partial charge in [-0.25, -0.2) is 8.42 Å². The Morgan fingerprint density at radius 2 is 2.19 bits per heavy atom. The second-order valence-corrected chi connectivity index (χ2v) is 7.00. The third kappa shape index (κ3) is 2.96. The van der Waals surface area contributed by atoms with E-state index >= 15 is 0 Å². The minimum Gasteiger partial charge on any atom is -0.396 e. The van der Waals surface area contributed by atoms with E-state index in [1.165, 1.54) is 6.26 Å². The van der Waals surface area contributed by atoms with Crippen LogP contribution in [-0.4, -0.2) is 43.7 Å². The first-order chi connectivity index (χ1) is 7.46. The molecule has 1 aliphatic carbocycles.